The molecule has 0 heterocycles. The van der Waals surface area contributed by atoms with Gasteiger partial charge in [0.25, 0.3) is 0 Å². The summed E-state index contributed by atoms with van der Waals surface area (Å²) in [6.07, 6.45) is 1.04. The summed E-state index contributed by atoms with van der Waals surface area (Å²) in [5, 5.41) is 8.71. The molecule has 0 aliphatic carbocycles. The molecule has 0 amide bonds. The van der Waals surface area contributed by atoms with Gasteiger partial charge < -0.3 is 9.94 Å². The second-order valence-corrected chi connectivity index (χ2v) is 2.82. The van der Waals surface area contributed by atoms with E-state index in [-0.39, 0.29) is 12.6 Å². The fraction of sp³-hybridized carbons (Fsp3) is 1.00. The van der Waals surface area contributed by atoms with Gasteiger partial charge in [0.2, 0.25) is 0 Å². The summed E-state index contributed by atoms with van der Waals surface area (Å²) in [4.78, 5) is 5.04. The lowest BCUT2D eigenvalue weighted by Crippen LogP contribution is -2.33. The SMILES string of the molecule is CCCNOCC(CO)NI. The molecule has 0 rings (SSSR count). The van der Waals surface area contributed by atoms with Gasteiger partial charge in [0.15, 0.2) is 0 Å². The summed E-state index contributed by atoms with van der Waals surface area (Å²) in [6, 6.07) is 0.0138. The van der Waals surface area contributed by atoms with Gasteiger partial charge in [0.05, 0.1) is 19.3 Å². The van der Waals surface area contributed by atoms with Crippen LogP contribution in [0.1, 0.15) is 13.3 Å². The highest BCUT2D eigenvalue weighted by atomic mass is 127. The molecule has 0 bridgehead atoms. The minimum Gasteiger partial charge on any atom is -0.395 e. The van der Waals surface area contributed by atoms with Gasteiger partial charge in [-0.3, -0.25) is 3.53 Å². The molecule has 0 saturated carbocycles. The zero-order valence-electron chi connectivity index (χ0n) is 6.64. The van der Waals surface area contributed by atoms with Crippen molar-refractivity contribution in [2.24, 2.45) is 0 Å². The van der Waals surface area contributed by atoms with Gasteiger partial charge in [-0.1, -0.05) is 6.92 Å². The molecule has 0 aliphatic rings. The topological polar surface area (TPSA) is 53.5 Å². The quantitative estimate of drug-likeness (QED) is 0.269. The molecule has 1 unspecified atom stereocenters. The van der Waals surface area contributed by atoms with Crippen LogP contribution in [0.5, 0.6) is 0 Å². The molecule has 0 spiro atoms. The van der Waals surface area contributed by atoms with Gasteiger partial charge in [0.1, 0.15) is 0 Å². The smallest absolute Gasteiger partial charge is 0.0865 e. The molecule has 0 aromatic heterocycles. The summed E-state index contributed by atoms with van der Waals surface area (Å²) in [5.74, 6) is 0. The molecule has 4 nitrogen and oxygen atoms in total. The van der Waals surface area contributed by atoms with Crippen LogP contribution >= 0.6 is 22.9 Å². The van der Waals surface area contributed by atoms with E-state index in [0.29, 0.717) is 6.61 Å². The van der Waals surface area contributed by atoms with E-state index in [9.17, 15) is 0 Å². The monoisotopic (exact) mass is 274 g/mol. The highest BCUT2D eigenvalue weighted by molar-refractivity contribution is 14.1. The Balaban J connectivity index is 3.07. The standard InChI is InChI=1S/C6H15IN2O2/c1-2-3-8-11-5-6(4-10)9-7/h6,8-10H,2-5H2,1H3. The molecular weight excluding hydrogens is 259 g/mol. The predicted molar refractivity (Wildman–Crippen MR) is 52.3 cm³/mol. The summed E-state index contributed by atoms with van der Waals surface area (Å²) in [5.41, 5.74) is 2.78. The first-order valence-electron chi connectivity index (χ1n) is 3.66. The summed E-state index contributed by atoms with van der Waals surface area (Å²) in [7, 11) is 0. The normalized spacial score (nSPS) is 13.4. The molecule has 0 aliphatic heterocycles. The molecule has 0 aromatic carbocycles. The molecule has 0 aromatic rings. The molecule has 0 fully saturated rings. The lowest BCUT2D eigenvalue weighted by atomic mass is 10.4. The summed E-state index contributed by atoms with van der Waals surface area (Å²) in [6.45, 7) is 3.49. The third-order valence-corrected chi connectivity index (χ3v) is 1.99. The maximum Gasteiger partial charge on any atom is 0.0865 e. The Labute approximate surface area is 81.1 Å². The predicted octanol–water partition coefficient (Wildman–Crippen LogP) is 0.218. The van der Waals surface area contributed by atoms with Crippen molar-refractivity contribution in [3.63, 3.8) is 0 Å². The number of hydrogen-bond acceptors (Lipinski definition) is 4. The van der Waals surface area contributed by atoms with Crippen LogP contribution in [0.4, 0.5) is 0 Å². The number of aliphatic hydroxyl groups excluding tert-OH is 1. The van der Waals surface area contributed by atoms with E-state index in [4.69, 9.17) is 9.94 Å². The Kier molecular flexibility index (Phi) is 9.11. The average Bonchev–Trinajstić information content (AvgIpc) is 2.05. The minimum atomic E-state index is 0.0138. The molecule has 0 saturated heterocycles. The van der Waals surface area contributed by atoms with E-state index in [1.165, 1.54) is 0 Å². The van der Waals surface area contributed by atoms with E-state index in [1.807, 2.05) is 22.9 Å². The number of hydrogen-bond donors (Lipinski definition) is 3. The van der Waals surface area contributed by atoms with Crippen LogP contribution in [0.25, 0.3) is 0 Å². The van der Waals surface area contributed by atoms with Crippen LogP contribution < -0.4 is 9.01 Å². The van der Waals surface area contributed by atoms with Crippen LogP contribution in [0.2, 0.25) is 0 Å². The van der Waals surface area contributed by atoms with Gasteiger partial charge in [-0.25, -0.2) is 5.48 Å². The Morgan fingerprint density at radius 2 is 2.36 bits per heavy atom. The van der Waals surface area contributed by atoms with Crippen molar-refractivity contribution in [1.82, 2.24) is 9.01 Å². The number of halogens is 1. The molecule has 3 N–H and O–H groups in total. The summed E-state index contributed by atoms with van der Waals surface area (Å²) < 4.78 is 2.88. The minimum absolute atomic E-state index is 0.0138. The van der Waals surface area contributed by atoms with Crippen molar-refractivity contribution in [3.8, 4) is 0 Å². The molecule has 1 atom stereocenters. The van der Waals surface area contributed by atoms with Gasteiger partial charge in [-0.2, -0.15) is 0 Å². The Hall–Kier alpha value is 0.570. The van der Waals surface area contributed by atoms with Gasteiger partial charge in [0, 0.05) is 29.4 Å². The third kappa shape index (κ3) is 6.95. The first kappa shape index (κ1) is 11.6. The van der Waals surface area contributed by atoms with E-state index >= 15 is 0 Å². The lowest BCUT2D eigenvalue weighted by Gasteiger charge is -2.11. The maximum atomic E-state index is 8.71. The van der Waals surface area contributed by atoms with Gasteiger partial charge in [-0.15, -0.1) is 0 Å². The van der Waals surface area contributed by atoms with E-state index in [1.54, 1.807) is 0 Å². The second-order valence-electron chi connectivity index (χ2n) is 2.19. The van der Waals surface area contributed by atoms with Crippen molar-refractivity contribution in [2.45, 2.75) is 19.4 Å². The lowest BCUT2D eigenvalue weighted by molar-refractivity contribution is 0.0217. The van der Waals surface area contributed by atoms with Gasteiger partial charge in [-0.05, 0) is 6.42 Å². The van der Waals surface area contributed by atoms with Crippen LogP contribution in [-0.4, -0.2) is 30.9 Å². The van der Waals surface area contributed by atoms with Crippen molar-refractivity contribution in [2.75, 3.05) is 19.8 Å². The maximum absolute atomic E-state index is 8.71. The molecular formula is C6H15IN2O2. The first-order valence-corrected chi connectivity index (χ1v) is 4.74. The fourth-order valence-corrected chi connectivity index (χ4v) is 0.829. The van der Waals surface area contributed by atoms with Crippen LogP contribution in [0, 0.1) is 0 Å². The average molecular weight is 274 g/mol. The Bertz CT molecular complexity index is 81.0. The zero-order valence-corrected chi connectivity index (χ0v) is 8.80. The number of nitrogens with one attached hydrogen (secondary N) is 2. The first-order chi connectivity index (χ1) is 5.35. The van der Waals surface area contributed by atoms with Crippen molar-refractivity contribution in [1.29, 1.82) is 0 Å². The molecule has 0 radical (unpaired) electrons. The van der Waals surface area contributed by atoms with Crippen LogP contribution in [0.15, 0.2) is 0 Å². The Morgan fingerprint density at radius 3 is 2.82 bits per heavy atom. The molecule has 68 valence electrons. The van der Waals surface area contributed by atoms with E-state index in [2.05, 4.69) is 15.9 Å². The van der Waals surface area contributed by atoms with E-state index < -0.39 is 0 Å². The highest BCUT2D eigenvalue weighted by Gasteiger charge is 2.03. The zero-order chi connectivity index (χ0) is 8.53. The van der Waals surface area contributed by atoms with Gasteiger partial charge >= 0.3 is 0 Å². The largest absolute Gasteiger partial charge is 0.395 e. The van der Waals surface area contributed by atoms with Crippen molar-refractivity contribution >= 4 is 22.9 Å². The van der Waals surface area contributed by atoms with Crippen molar-refractivity contribution < 1.29 is 9.94 Å². The van der Waals surface area contributed by atoms with Crippen LogP contribution in [0.3, 0.4) is 0 Å². The number of hydroxylamine groups is 1. The summed E-state index contributed by atoms with van der Waals surface area (Å²) >= 11 is 1.99. The van der Waals surface area contributed by atoms with E-state index in [0.717, 1.165) is 13.0 Å². The molecule has 11 heavy (non-hydrogen) atoms. The molecule has 5 heteroatoms. The number of rotatable bonds is 7. The number of aliphatic hydroxyl groups is 1. The fourth-order valence-electron chi connectivity index (χ4n) is 0.452. The Morgan fingerprint density at radius 1 is 1.64 bits per heavy atom. The second kappa shape index (κ2) is 8.66. The third-order valence-electron chi connectivity index (χ3n) is 1.11. The highest BCUT2D eigenvalue weighted by Crippen LogP contribution is 1.86. The van der Waals surface area contributed by atoms with Crippen LogP contribution in [-0.2, 0) is 4.84 Å². The van der Waals surface area contributed by atoms with Crippen molar-refractivity contribution in [3.05, 3.63) is 0 Å².